The molecule has 3 aliphatic rings. The summed E-state index contributed by atoms with van der Waals surface area (Å²) in [6.07, 6.45) is 12.8. The van der Waals surface area contributed by atoms with E-state index in [2.05, 4.69) is 82.5 Å². The van der Waals surface area contributed by atoms with E-state index in [1.54, 1.807) is 5.57 Å². The molecule has 5 nitrogen and oxygen atoms in total. The number of hydrogen-bond donors (Lipinski definition) is 0. The third kappa shape index (κ3) is 8.59. The van der Waals surface area contributed by atoms with Crippen molar-refractivity contribution in [2.75, 3.05) is 58.9 Å². The van der Waals surface area contributed by atoms with E-state index < -0.39 is 0 Å². The molecule has 0 amide bonds. The van der Waals surface area contributed by atoms with Crippen LogP contribution < -0.4 is 0 Å². The quantitative estimate of drug-likeness (QED) is 0.264. The summed E-state index contributed by atoms with van der Waals surface area (Å²) >= 11 is 0. The lowest BCUT2D eigenvalue weighted by Crippen LogP contribution is -2.50. The number of nitrogens with zero attached hydrogens (tertiary/aromatic N) is 5. The van der Waals surface area contributed by atoms with Crippen LogP contribution in [0.4, 0.5) is 0 Å². The van der Waals surface area contributed by atoms with Crippen molar-refractivity contribution in [1.82, 2.24) is 14.7 Å². The van der Waals surface area contributed by atoms with Crippen LogP contribution in [0.1, 0.15) is 76.8 Å². The van der Waals surface area contributed by atoms with E-state index in [4.69, 9.17) is 0 Å². The van der Waals surface area contributed by atoms with Crippen LogP contribution in [0.15, 0.2) is 40.3 Å². The molecule has 0 bridgehead atoms. The average Bonchev–Trinajstić information content (AvgIpc) is 2.96. The highest BCUT2D eigenvalue weighted by Crippen LogP contribution is 2.30. The summed E-state index contributed by atoms with van der Waals surface area (Å²) in [6.45, 7) is 20.8. The van der Waals surface area contributed by atoms with E-state index in [-0.39, 0.29) is 0 Å². The molecule has 5 heteroatoms. The van der Waals surface area contributed by atoms with Crippen LogP contribution in [0.2, 0.25) is 0 Å². The first-order valence-electron chi connectivity index (χ1n) is 15.5. The molecule has 1 aromatic carbocycles. The van der Waals surface area contributed by atoms with Gasteiger partial charge in [0.15, 0.2) is 0 Å². The van der Waals surface area contributed by atoms with E-state index in [0.717, 1.165) is 30.9 Å². The Bertz CT molecular complexity index is 902. The van der Waals surface area contributed by atoms with Gasteiger partial charge in [-0.25, -0.2) is 4.99 Å². The molecule has 0 N–H and O–H groups in total. The molecular formula is C33H53N5. The number of aryl methyl sites for hydroxylation is 1. The first kappa shape index (κ1) is 29.2. The van der Waals surface area contributed by atoms with Crippen LogP contribution in [0.5, 0.6) is 0 Å². The lowest BCUT2D eigenvalue weighted by molar-refractivity contribution is 0.0922. The van der Waals surface area contributed by atoms with Crippen molar-refractivity contribution in [1.29, 1.82) is 0 Å². The number of rotatable bonds is 11. The van der Waals surface area contributed by atoms with Gasteiger partial charge in [0.25, 0.3) is 0 Å². The Balaban J connectivity index is 1.15. The first-order valence-corrected chi connectivity index (χ1v) is 15.5. The third-order valence-electron chi connectivity index (χ3n) is 9.09. The van der Waals surface area contributed by atoms with Gasteiger partial charge in [-0.3, -0.25) is 9.89 Å². The lowest BCUT2D eigenvalue weighted by atomic mass is 9.88. The minimum Gasteiger partial charge on any atom is -0.301 e. The van der Waals surface area contributed by atoms with Gasteiger partial charge < -0.3 is 9.80 Å². The van der Waals surface area contributed by atoms with Gasteiger partial charge in [-0.1, -0.05) is 51.1 Å². The summed E-state index contributed by atoms with van der Waals surface area (Å²) in [4.78, 5) is 16.7. The summed E-state index contributed by atoms with van der Waals surface area (Å²) in [5.74, 6) is 2.12. The van der Waals surface area contributed by atoms with Crippen molar-refractivity contribution >= 4 is 18.1 Å². The molecule has 0 radical (unpaired) electrons. The second-order valence-electron chi connectivity index (χ2n) is 12.1. The molecule has 0 spiro atoms. The zero-order valence-corrected chi connectivity index (χ0v) is 24.6. The molecule has 1 atom stereocenters. The van der Waals surface area contributed by atoms with Crippen molar-refractivity contribution in [3.05, 3.63) is 41.5 Å². The number of hydrogen-bond acceptors (Lipinski definition) is 4. The first-order chi connectivity index (χ1) is 18.6. The van der Waals surface area contributed by atoms with Crippen LogP contribution in [0, 0.1) is 11.8 Å². The van der Waals surface area contributed by atoms with Crippen molar-refractivity contribution in [3.8, 4) is 0 Å². The molecule has 2 heterocycles. The van der Waals surface area contributed by atoms with E-state index in [0.29, 0.717) is 5.92 Å². The Morgan fingerprint density at radius 3 is 2.26 bits per heavy atom. The maximum Gasteiger partial charge on any atom is 0.125 e. The molecule has 1 aliphatic carbocycles. The number of allylic oxidation sites excluding steroid dienone is 1. The zero-order chi connectivity index (χ0) is 26.7. The van der Waals surface area contributed by atoms with Crippen molar-refractivity contribution in [2.45, 2.75) is 78.2 Å². The van der Waals surface area contributed by atoms with Crippen LogP contribution in [-0.4, -0.2) is 92.2 Å². The van der Waals surface area contributed by atoms with E-state index in [9.17, 15) is 0 Å². The van der Waals surface area contributed by atoms with Gasteiger partial charge in [0.2, 0.25) is 0 Å². The molecule has 38 heavy (non-hydrogen) atoms. The maximum atomic E-state index is 4.64. The molecule has 1 unspecified atom stereocenters. The summed E-state index contributed by atoms with van der Waals surface area (Å²) in [7, 11) is 0. The molecular weight excluding hydrogens is 466 g/mol. The fourth-order valence-electron chi connectivity index (χ4n) is 6.56. The second kappa shape index (κ2) is 15.1. The SMILES string of the molecule is C=N/C(=N\CCN1CCC(CCc2ccc(C3=CCC(N4CCN(CCC)CC4)CC3)cc2)CC1)C(C)C. The Morgan fingerprint density at radius 1 is 0.947 bits per heavy atom. The highest BCUT2D eigenvalue weighted by atomic mass is 15.3. The molecule has 2 saturated heterocycles. The number of amidine groups is 1. The summed E-state index contributed by atoms with van der Waals surface area (Å²) in [6, 6.07) is 10.3. The minimum atomic E-state index is 0.362. The van der Waals surface area contributed by atoms with Gasteiger partial charge in [0, 0.05) is 44.7 Å². The van der Waals surface area contributed by atoms with E-state index >= 15 is 0 Å². The Labute approximate surface area is 233 Å². The van der Waals surface area contributed by atoms with Gasteiger partial charge in [-0.15, -0.1) is 0 Å². The standard InChI is InChI=1S/C33H53N5/c1-5-19-36-23-25-38(26-24-36)32-14-12-31(13-15-32)30-10-8-28(9-11-30)6-7-29-16-20-37(21-17-29)22-18-35-33(34-4)27(2)3/h8-12,27,29,32H,4-7,13-26H2,1-3H3/b35-33-. The van der Waals surface area contributed by atoms with Gasteiger partial charge >= 0.3 is 0 Å². The highest BCUT2D eigenvalue weighted by Gasteiger charge is 2.25. The zero-order valence-electron chi connectivity index (χ0n) is 24.6. The molecule has 2 aliphatic heterocycles. The van der Waals surface area contributed by atoms with Gasteiger partial charge in [0.1, 0.15) is 5.84 Å². The smallest absolute Gasteiger partial charge is 0.125 e. The fourth-order valence-corrected chi connectivity index (χ4v) is 6.56. The van der Waals surface area contributed by atoms with Gasteiger partial charge in [-0.05, 0) is 100 Å². The Morgan fingerprint density at radius 2 is 1.66 bits per heavy atom. The minimum absolute atomic E-state index is 0.362. The van der Waals surface area contributed by atoms with Crippen molar-refractivity contribution < 1.29 is 0 Å². The van der Waals surface area contributed by atoms with Gasteiger partial charge in [-0.2, -0.15) is 0 Å². The molecule has 4 rings (SSSR count). The largest absolute Gasteiger partial charge is 0.301 e. The summed E-state index contributed by atoms with van der Waals surface area (Å²) in [5, 5.41) is 0. The Hall–Kier alpha value is -1.82. The van der Waals surface area contributed by atoms with Crippen molar-refractivity contribution in [2.24, 2.45) is 21.8 Å². The summed E-state index contributed by atoms with van der Waals surface area (Å²) in [5.41, 5.74) is 4.52. The van der Waals surface area contributed by atoms with Crippen LogP contribution in [0.3, 0.4) is 0 Å². The monoisotopic (exact) mass is 519 g/mol. The number of benzene rings is 1. The topological polar surface area (TPSA) is 34.4 Å². The highest BCUT2D eigenvalue weighted by molar-refractivity contribution is 5.87. The van der Waals surface area contributed by atoms with Crippen LogP contribution >= 0.6 is 0 Å². The number of likely N-dealkylation sites (tertiary alicyclic amines) is 1. The maximum absolute atomic E-state index is 4.64. The van der Waals surface area contributed by atoms with Crippen LogP contribution in [0.25, 0.3) is 5.57 Å². The van der Waals surface area contributed by atoms with E-state index in [1.807, 2.05) is 0 Å². The number of piperidine rings is 1. The van der Waals surface area contributed by atoms with E-state index in [1.165, 1.54) is 108 Å². The third-order valence-corrected chi connectivity index (χ3v) is 9.09. The second-order valence-corrected chi connectivity index (χ2v) is 12.1. The number of aliphatic imine (C=N–C) groups is 2. The van der Waals surface area contributed by atoms with Crippen molar-refractivity contribution in [3.63, 3.8) is 0 Å². The molecule has 2 fully saturated rings. The normalized spacial score (nSPS) is 23.1. The Kier molecular flexibility index (Phi) is 11.6. The predicted octanol–water partition coefficient (Wildman–Crippen LogP) is 6.05. The summed E-state index contributed by atoms with van der Waals surface area (Å²) < 4.78 is 0. The molecule has 1 aromatic rings. The lowest BCUT2D eigenvalue weighted by Gasteiger charge is -2.40. The average molecular weight is 520 g/mol. The number of piperazine rings is 1. The molecule has 0 aromatic heterocycles. The van der Waals surface area contributed by atoms with Crippen LogP contribution in [-0.2, 0) is 6.42 Å². The van der Waals surface area contributed by atoms with Gasteiger partial charge in [0.05, 0.1) is 6.54 Å². The molecule has 210 valence electrons. The predicted molar refractivity (Wildman–Crippen MR) is 165 cm³/mol. The fraction of sp³-hybridized carbons (Fsp3) is 0.697. The molecule has 0 saturated carbocycles.